The van der Waals surface area contributed by atoms with Gasteiger partial charge in [0.25, 0.3) is 0 Å². The lowest BCUT2D eigenvalue weighted by Gasteiger charge is -2.13. The number of aryl methyl sites for hydroxylation is 1. The largest absolute Gasteiger partial charge is 0.462 e. The summed E-state index contributed by atoms with van der Waals surface area (Å²) in [5.41, 5.74) is 3.31. The zero-order valence-electron chi connectivity index (χ0n) is 14.1. The van der Waals surface area contributed by atoms with Crippen LogP contribution in [0.15, 0.2) is 42.1 Å². The second-order valence-corrected chi connectivity index (χ2v) is 5.81. The third-order valence-electron chi connectivity index (χ3n) is 3.38. The van der Waals surface area contributed by atoms with E-state index in [0.717, 1.165) is 22.8 Å². The van der Waals surface area contributed by atoms with Crippen molar-refractivity contribution in [1.82, 2.24) is 9.97 Å². The zero-order valence-corrected chi connectivity index (χ0v) is 14.9. The number of nitrogens with zero attached hydrogens (tertiary/aromatic N) is 2. The number of allylic oxidation sites excluding steroid dienone is 1. The minimum Gasteiger partial charge on any atom is -0.462 e. The molecule has 2 aromatic rings. The molecule has 0 amide bonds. The fourth-order valence-electron chi connectivity index (χ4n) is 2.19. The Labute approximate surface area is 146 Å². The Hall–Kier alpha value is -2.34. The molecular formula is C18H21N3O2S. The molecule has 24 heavy (non-hydrogen) atoms. The van der Waals surface area contributed by atoms with Gasteiger partial charge in [0.15, 0.2) is 5.16 Å². The minimum atomic E-state index is -0.320. The lowest BCUT2D eigenvalue weighted by atomic mass is 10.1. The Morgan fingerprint density at radius 2 is 2.04 bits per heavy atom. The summed E-state index contributed by atoms with van der Waals surface area (Å²) in [6, 6.07) is 7.13. The molecule has 6 heteroatoms. The number of esters is 1. The number of rotatable bonds is 7. The Kier molecular flexibility index (Phi) is 6.37. The van der Waals surface area contributed by atoms with E-state index >= 15 is 0 Å². The number of carbonyl (C=O) groups is 1. The number of thioether (sulfide) groups is 1. The predicted molar refractivity (Wildman–Crippen MR) is 98.1 cm³/mol. The number of ether oxygens (including phenoxy) is 1. The fourth-order valence-corrected chi connectivity index (χ4v) is 2.61. The van der Waals surface area contributed by atoms with Crippen molar-refractivity contribution in [2.24, 2.45) is 0 Å². The third-order valence-corrected chi connectivity index (χ3v) is 3.93. The van der Waals surface area contributed by atoms with Crippen molar-refractivity contribution in [3.05, 3.63) is 53.7 Å². The van der Waals surface area contributed by atoms with Crippen LogP contribution in [0.5, 0.6) is 0 Å². The third kappa shape index (κ3) is 4.35. The average molecular weight is 343 g/mol. The molecule has 1 N–H and O–H groups in total. The van der Waals surface area contributed by atoms with Gasteiger partial charge in [0.1, 0.15) is 5.82 Å². The summed E-state index contributed by atoms with van der Waals surface area (Å²) < 4.78 is 4.99. The highest BCUT2D eigenvalue weighted by Crippen LogP contribution is 2.24. The zero-order chi connectivity index (χ0) is 17.5. The van der Waals surface area contributed by atoms with E-state index in [9.17, 15) is 4.79 Å². The lowest BCUT2D eigenvalue weighted by Crippen LogP contribution is -2.06. The van der Waals surface area contributed by atoms with E-state index in [1.807, 2.05) is 31.4 Å². The highest BCUT2D eigenvalue weighted by molar-refractivity contribution is 7.98. The van der Waals surface area contributed by atoms with Gasteiger partial charge in [-0.05, 0) is 50.8 Å². The van der Waals surface area contributed by atoms with E-state index in [1.54, 1.807) is 19.1 Å². The van der Waals surface area contributed by atoms with Gasteiger partial charge in [-0.3, -0.25) is 0 Å². The van der Waals surface area contributed by atoms with Gasteiger partial charge >= 0.3 is 5.97 Å². The van der Waals surface area contributed by atoms with Crippen LogP contribution in [-0.4, -0.2) is 28.8 Å². The Morgan fingerprint density at radius 1 is 1.33 bits per heavy atom. The summed E-state index contributed by atoms with van der Waals surface area (Å²) >= 11 is 1.50. The first-order chi connectivity index (χ1) is 11.6. The van der Waals surface area contributed by atoms with Gasteiger partial charge in [0.2, 0.25) is 0 Å². The molecule has 1 heterocycles. The molecule has 0 saturated heterocycles. The summed E-state index contributed by atoms with van der Waals surface area (Å²) in [6.45, 7) is 7.91. The van der Waals surface area contributed by atoms with Crippen LogP contribution in [0, 0.1) is 6.92 Å². The Balaban J connectivity index is 2.28. The maximum Gasteiger partial charge on any atom is 0.338 e. The SMILES string of the molecule is C=CCc1c(C)nc(SC)nc1Nc1ccc(C(=O)OCC)cc1. The molecule has 1 aromatic carbocycles. The molecule has 0 atom stereocenters. The molecule has 0 fully saturated rings. The minimum absolute atomic E-state index is 0.320. The van der Waals surface area contributed by atoms with Gasteiger partial charge in [-0.15, -0.1) is 6.58 Å². The molecule has 0 aliphatic rings. The molecule has 0 unspecified atom stereocenters. The van der Waals surface area contributed by atoms with Crippen molar-refractivity contribution < 1.29 is 9.53 Å². The molecule has 0 bridgehead atoms. The molecule has 0 spiro atoms. The van der Waals surface area contributed by atoms with Crippen LogP contribution in [-0.2, 0) is 11.2 Å². The molecular weight excluding hydrogens is 322 g/mol. The van der Waals surface area contributed by atoms with E-state index in [1.165, 1.54) is 11.8 Å². The second kappa shape index (κ2) is 8.49. The number of anilines is 2. The molecule has 1 aromatic heterocycles. The van der Waals surface area contributed by atoms with Gasteiger partial charge in [0.05, 0.1) is 12.2 Å². The molecule has 0 saturated carbocycles. The summed E-state index contributed by atoms with van der Waals surface area (Å²) in [7, 11) is 0. The molecule has 0 aliphatic heterocycles. The highest BCUT2D eigenvalue weighted by Gasteiger charge is 2.11. The van der Waals surface area contributed by atoms with Crippen molar-refractivity contribution in [3.8, 4) is 0 Å². The van der Waals surface area contributed by atoms with E-state index in [0.29, 0.717) is 23.7 Å². The van der Waals surface area contributed by atoms with Crippen molar-refractivity contribution in [2.45, 2.75) is 25.4 Å². The predicted octanol–water partition coefficient (Wildman–Crippen LogP) is 4.16. The van der Waals surface area contributed by atoms with Crippen LogP contribution in [0.1, 0.15) is 28.5 Å². The number of hydrogen-bond donors (Lipinski definition) is 1. The molecule has 2 rings (SSSR count). The molecule has 5 nitrogen and oxygen atoms in total. The van der Waals surface area contributed by atoms with Crippen LogP contribution >= 0.6 is 11.8 Å². The summed E-state index contributed by atoms with van der Waals surface area (Å²) in [5, 5.41) is 4.02. The second-order valence-electron chi connectivity index (χ2n) is 5.04. The van der Waals surface area contributed by atoms with E-state index in [-0.39, 0.29) is 5.97 Å². The standard InChI is InChI=1S/C18H21N3O2S/c1-5-7-15-12(3)19-18(24-4)21-16(15)20-14-10-8-13(9-11-14)17(22)23-6-2/h5,8-11H,1,6-7H2,2-4H3,(H,19,20,21). The smallest absolute Gasteiger partial charge is 0.338 e. The first-order valence-corrected chi connectivity index (χ1v) is 8.88. The van der Waals surface area contributed by atoms with Crippen LogP contribution in [0.3, 0.4) is 0 Å². The first-order valence-electron chi connectivity index (χ1n) is 7.65. The fraction of sp³-hybridized carbons (Fsp3) is 0.278. The number of carbonyl (C=O) groups excluding carboxylic acids is 1. The number of aromatic nitrogens is 2. The first kappa shape index (κ1) is 18.0. The van der Waals surface area contributed by atoms with Gasteiger partial charge < -0.3 is 10.1 Å². The van der Waals surface area contributed by atoms with Gasteiger partial charge in [-0.1, -0.05) is 17.8 Å². The van der Waals surface area contributed by atoms with E-state index < -0.39 is 0 Å². The van der Waals surface area contributed by atoms with Crippen LogP contribution in [0.2, 0.25) is 0 Å². The maximum absolute atomic E-state index is 11.7. The molecule has 0 radical (unpaired) electrons. The summed E-state index contributed by atoms with van der Waals surface area (Å²) in [4.78, 5) is 20.7. The lowest BCUT2D eigenvalue weighted by molar-refractivity contribution is 0.0526. The van der Waals surface area contributed by atoms with Crippen molar-refractivity contribution in [3.63, 3.8) is 0 Å². The molecule has 0 aliphatic carbocycles. The average Bonchev–Trinajstić information content (AvgIpc) is 2.58. The number of benzene rings is 1. The number of hydrogen-bond acceptors (Lipinski definition) is 6. The van der Waals surface area contributed by atoms with Crippen LogP contribution < -0.4 is 5.32 Å². The van der Waals surface area contributed by atoms with E-state index in [4.69, 9.17) is 4.74 Å². The Bertz CT molecular complexity index is 730. The van der Waals surface area contributed by atoms with Gasteiger partial charge in [0, 0.05) is 16.9 Å². The van der Waals surface area contributed by atoms with Gasteiger partial charge in [-0.25, -0.2) is 14.8 Å². The van der Waals surface area contributed by atoms with Crippen LogP contribution in [0.25, 0.3) is 0 Å². The topological polar surface area (TPSA) is 64.1 Å². The van der Waals surface area contributed by atoms with E-state index in [2.05, 4.69) is 21.9 Å². The van der Waals surface area contributed by atoms with Crippen molar-refractivity contribution in [1.29, 1.82) is 0 Å². The van der Waals surface area contributed by atoms with Crippen molar-refractivity contribution >= 4 is 29.2 Å². The number of nitrogens with one attached hydrogen (secondary N) is 1. The van der Waals surface area contributed by atoms with Crippen LogP contribution in [0.4, 0.5) is 11.5 Å². The highest BCUT2D eigenvalue weighted by atomic mass is 32.2. The Morgan fingerprint density at radius 3 is 2.62 bits per heavy atom. The quantitative estimate of drug-likeness (QED) is 0.352. The summed E-state index contributed by atoms with van der Waals surface area (Å²) in [6.07, 6.45) is 4.46. The van der Waals surface area contributed by atoms with Crippen molar-refractivity contribution in [2.75, 3.05) is 18.2 Å². The normalized spacial score (nSPS) is 10.3. The monoisotopic (exact) mass is 343 g/mol. The van der Waals surface area contributed by atoms with Gasteiger partial charge in [-0.2, -0.15) is 0 Å². The molecule has 126 valence electrons. The summed E-state index contributed by atoms with van der Waals surface area (Å²) in [5.74, 6) is 0.439. The maximum atomic E-state index is 11.7.